The van der Waals surface area contributed by atoms with Crippen LogP contribution in [0.4, 0.5) is 0 Å². The normalized spacial score (nSPS) is 15.1. The molecule has 0 spiro atoms. The minimum absolute atomic E-state index is 0.395. The monoisotopic (exact) mass is 524 g/mol. The van der Waals surface area contributed by atoms with E-state index >= 15 is 0 Å². The van der Waals surface area contributed by atoms with E-state index in [-0.39, 0.29) is 0 Å². The Hall–Kier alpha value is -3.04. The molecule has 3 N–H and O–H groups in total. The SMILES string of the molecule is CCOC.O=C(NO)C1(S(=O)c2ccc(OCCc3cccc(-c4ccccc4)c3)cc2)CCNCC1. The van der Waals surface area contributed by atoms with Gasteiger partial charge in [0, 0.05) is 25.0 Å². The highest BCUT2D eigenvalue weighted by atomic mass is 32.2. The van der Waals surface area contributed by atoms with Gasteiger partial charge in [-0.15, -0.1) is 0 Å². The maximum atomic E-state index is 13.3. The maximum absolute atomic E-state index is 13.3. The summed E-state index contributed by atoms with van der Waals surface area (Å²) in [5.74, 6) is 0.0846. The lowest BCUT2D eigenvalue weighted by Crippen LogP contribution is -2.54. The largest absolute Gasteiger partial charge is 0.493 e. The number of hydrogen-bond acceptors (Lipinski definition) is 6. The molecule has 4 rings (SSSR count). The molecule has 1 fully saturated rings. The zero-order chi connectivity index (χ0) is 26.5. The smallest absolute Gasteiger partial charge is 0.262 e. The number of methoxy groups -OCH3 is 1. The van der Waals surface area contributed by atoms with Gasteiger partial charge in [-0.3, -0.25) is 14.2 Å². The number of amides is 1. The van der Waals surface area contributed by atoms with Gasteiger partial charge in [0.15, 0.2) is 0 Å². The van der Waals surface area contributed by atoms with Crippen molar-refractivity contribution in [2.75, 3.05) is 33.4 Å². The summed E-state index contributed by atoms with van der Waals surface area (Å²) in [7, 11) is 0.0899. The molecule has 1 aliphatic rings. The van der Waals surface area contributed by atoms with Crippen LogP contribution in [0.25, 0.3) is 11.1 Å². The first-order valence-corrected chi connectivity index (χ1v) is 13.6. The van der Waals surface area contributed by atoms with Crippen molar-refractivity contribution in [3.05, 3.63) is 84.4 Å². The molecule has 1 heterocycles. The number of rotatable bonds is 9. The van der Waals surface area contributed by atoms with Gasteiger partial charge in [0.2, 0.25) is 0 Å². The Bertz CT molecular complexity index is 1130. The number of nitrogens with one attached hydrogen (secondary N) is 2. The molecular weight excluding hydrogens is 488 g/mol. The highest BCUT2D eigenvalue weighted by Gasteiger charge is 2.46. The first kappa shape index (κ1) is 28.5. The summed E-state index contributed by atoms with van der Waals surface area (Å²) in [5, 5.41) is 12.4. The third kappa shape index (κ3) is 7.72. The first-order chi connectivity index (χ1) is 18.0. The van der Waals surface area contributed by atoms with Gasteiger partial charge < -0.3 is 14.8 Å². The summed E-state index contributed by atoms with van der Waals surface area (Å²) < 4.78 is 22.6. The fourth-order valence-electron chi connectivity index (χ4n) is 4.14. The Labute approximate surface area is 221 Å². The maximum Gasteiger partial charge on any atom is 0.262 e. The first-order valence-electron chi connectivity index (χ1n) is 12.5. The van der Waals surface area contributed by atoms with E-state index in [0.717, 1.165) is 13.0 Å². The second-order valence-corrected chi connectivity index (χ2v) is 10.5. The van der Waals surface area contributed by atoms with Crippen molar-refractivity contribution in [2.45, 2.75) is 35.8 Å². The van der Waals surface area contributed by atoms with Gasteiger partial charge in [-0.25, -0.2) is 5.48 Å². The number of carbonyl (C=O) groups excluding carboxylic acids is 1. The third-order valence-electron chi connectivity index (χ3n) is 6.30. The minimum Gasteiger partial charge on any atom is -0.493 e. The molecule has 3 aromatic rings. The number of hydroxylamine groups is 1. The summed E-state index contributed by atoms with van der Waals surface area (Å²) >= 11 is 0. The second kappa shape index (κ2) is 14.6. The minimum atomic E-state index is -1.59. The van der Waals surface area contributed by atoms with E-state index in [1.807, 2.05) is 25.1 Å². The van der Waals surface area contributed by atoms with Crippen LogP contribution < -0.4 is 15.5 Å². The summed E-state index contributed by atoms with van der Waals surface area (Å²) in [6.45, 7) is 4.45. The van der Waals surface area contributed by atoms with Gasteiger partial charge in [-0.1, -0.05) is 54.6 Å². The number of piperidine rings is 1. The van der Waals surface area contributed by atoms with Crippen molar-refractivity contribution in [2.24, 2.45) is 0 Å². The lowest BCUT2D eigenvalue weighted by atomic mass is 9.96. The predicted octanol–water partition coefficient (Wildman–Crippen LogP) is 4.36. The fraction of sp³-hybridized carbons (Fsp3) is 0.345. The Morgan fingerprint density at radius 1 is 1.00 bits per heavy atom. The second-order valence-electron chi connectivity index (χ2n) is 8.67. The topological polar surface area (TPSA) is 96.9 Å². The van der Waals surface area contributed by atoms with E-state index in [1.165, 1.54) is 16.7 Å². The van der Waals surface area contributed by atoms with Crippen LogP contribution in [0.15, 0.2) is 83.8 Å². The van der Waals surface area contributed by atoms with E-state index in [4.69, 9.17) is 4.74 Å². The molecular formula is C29H36N2O5S. The van der Waals surface area contributed by atoms with E-state index < -0.39 is 21.5 Å². The molecule has 1 amide bonds. The zero-order valence-electron chi connectivity index (χ0n) is 21.4. The average Bonchev–Trinajstić information content (AvgIpc) is 2.98. The summed E-state index contributed by atoms with van der Waals surface area (Å²) in [5.41, 5.74) is 5.27. The van der Waals surface area contributed by atoms with Crippen molar-refractivity contribution >= 4 is 16.7 Å². The highest BCUT2D eigenvalue weighted by Crippen LogP contribution is 2.31. The van der Waals surface area contributed by atoms with Crippen molar-refractivity contribution in [1.82, 2.24) is 10.8 Å². The molecule has 0 bridgehead atoms. The lowest BCUT2D eigenvalue weighted by Gasteiger charge is -2.34. The molecule has 1 atom stereocenters. The molecule has 1 aliphatic heterocycles. The van der Waals surface area contributed by atoms with Crippen molar-refractivity contribution in [3.63, 3.8) is 0 Å². The Morgan fingerprint density at radius 2 is 1.65 bits per heavy atom. The molecule has 1 unspecified atom stereocenters. The van der Waals surface area contributed by atoms with E-state index in [0.29, 0.717) is 43.2 Å². The molecule has 198 valence electrons. The predicted molar refractivity (Wildman–Crippen MR) is 146 cm³/mol. The van der Waals surface area contributed by atoms with Crippen LogP contribution in [0.3, 0.4) is 0 Å². The molecule has 3 aromatic carbocycles. The molecule has 7 nitrogen and oxygen atoms in total. The van der Waals surface area contributed by atoms with Gasteiger partial charge in [-0.05, 0) is 73.8 Å². The number of carbonyl (C=O) groups is 1. The van der Waals surface area contributed by atoms with Gasteiger partial charge in [0.25, 0.3) is 5.91 Å². The Morgan fingerprint density at radius 3 is 2.27 bits per heavy atom. The number of ether oxygens (including phenoxy) is 2. The number of hydrogen-bond donors (Lipinski definition) is 3. The molecule has 0 radical (unpaired) electrons. The third-order valence-corrected chi connectivity index (χ3v) is 8.31. The van der Waals surface area contributed by atoms with Crippen LogP contribution in [0.5, 0.6) is 5.75 Å². The Balaban J connectivity index is 0.000000886. The zero-order valence-corrected chi connectivity index (χ0v) is 22.3. The standard InChI is InChI=1S/C26H28N2O4S.C3H8O/c29-25(28-30)26(14-16-27-17-15-26)33(31)24-11-9-23(10-12-24)32-18-13-20-5-4-8-22(19-20)21-6-2-1-3-7-21;1-3-4-2/h1-12,19,27,30H,13-18H2,(H,28,29);3H2,1-2H3. The van der Waals surface area contributed by atoms with Crippen molar-refractivity contribution < 1.29 is 23.7 Å². The molecule has 37 heavy (non-hydrogen) atoms. The van der Waals surface area contributed by atoms with Crippen molar-refractivity contribution in [1.29, 1.82) is 0 Å². The molecule has 0 aromatic heterocycles. The van der Waals surface area contributed by atoms with Crippen LogP contribution in [-0.4, -0.2) is 53.5 Å². The van der Waals surface area contributed by atoms with E-state index in [1.54, 1.807) is 36.9 Å². The van der Waals surface area contributed by atoms with Gasteiger partial charge in [0.1, 0.15) is 10.5 Å². The van der Waals surface area contributed by atoms with Crippen LogP contribution in [0.2, 0.25) is 0 Å². The molecule has 8 heteroatoms. The lowest BCUT2D eigenvalue weighted by molar-refractivity contribution is -0.132. The average molecular weight is 525 g/mol. The number of benzene rings is 3. The molecule has 0 saturated carbocycles. The van der Waals surface area contributed by atoms with Crippen LogP contribution in [0.1, 0.15) is 25.3 Å². The molecule has 1 saturated heterocycles. The molecule has 0 aliphatic carbocycles. The van der Waals surface area contributed by atoms with Gasteiger partial charge in [0.05, 0.1) is 17.4 Å². The fourth-order valence-corrected chi connectivity index (χ4v) is 5.76. The quantitative estimate of drug-likeness (QED) is 0.284. The van der Waals surface area contributed by atoms with Crippen molar-refractivity contribution in [3.8, 4) is 16.9 Å². The van der Waals surface area contributed by atoms with E-state index in [2.05, 4.69) is 46.5 Å². The van der Waals surface area contributed by atoms with Crippen LogP contribution in [0, 0.1) is 0 Å². The van der Waals surface area contributed by atoms with E-state index in [9.17, 15) is 14.2 Å². The van der Waals surface area contributed by atoms with Gasteiger partial charge >= 0.3 is 0 Å². The van der Waals surface area contributed by atoms with Crippen LogP contribution >= 0.6 is 0 Å². The Kier molecular flexibility index (Phi) is 11.3. The summed E-state index contributed by atoms with van der Waals surface area (Å²) in [4.78, 5) is 12.9. The van der Waals surface area contributed by atoms with Crippen LogP contribution in [-0.2, 0) is 26.8 Å². The summed E-state index contributed by atoms with van der Waals surface area (Å²) in [6, 6.07) is 25.7. The van der Waals surface area contributed by atoms with Gasteiger partial charge in [-0.2, -0.15) is 0 Å². The summed E-state index contributed by atoms with van der Waals surface area (Å²) in [6.07, 6.45) is 1.56. The highest BCUT2D eigenvalue weighted by molar-refractivity contribution is 7.87.